The Morgan fingerprint density at radius 3 is 2.58 bits per heavy atom. The quantitative estimate of drug-likeness (QED) is 0.850. The Kier molecular flexibility index (Phi) is 4.41. The molecular formula is C15H22FNOS. The fourth-order valence-electron chi connectivity index (χ4n) is 2.62. The molecular weight excluding hydrogens is 261 g/mol. The molecule has 0 N–H and O–H groups in total. The number of hydrogen-bond donors (Lipinski definition) is 0. The van der Waals surface area contributed by atoms with Crippen molar-refractivity contribution in [3.8, 4) is 0 Å². The van der Waals surface area contributed by atoms with Crippen LogP contribution in [-0.4, -0.2) is 39.2 Å². The molecule has 0 bridgehead atoms. The molecule has 2 atom stereocenters. The molecule has 1 heterocycles. The summed E-state index contributed by atoms with van der Waals surface area (Å²) in [6.45, 7) is 8.99. The molecule has 1 fully saturated rings. The van der Waals surface area contributed by atoms with Crippen LogP contribution in [0.1, 0.15) is 32.3 Å². The van der Waals surface area contributed by atoms with Gasteiger partial charge in [-0.05, 0) is 37.5 Å². The van der Waals surface area contributed by atoms with Crippen molar-refractivity contribution in [1.29, 1.82) is 0 Å². The molecule has 1 aromatic carbocycles. The number of rotatable bonds is 3. The second-order valence-electron chi connectivity index (χ2n) is 6.00. The first-order valence-corrected chi connectivity index (χ1v) is 8.07. The zero-order valence-electron chi connectivity index (χ0n) is 11.9. The van der Waals surface area contributed by atoms with Gasteiger partial charge in [0.2, 0.25) is 0 Å². The Balaban J connectivity index is 1.98. The summed E-state index contributed by atoms with van der Waals surface area (Å²) in [4.78, 5) is 2.37. The van der Waals surface area contributed by atoms with Gasteiger partial charge in [0.15, 0.2) is 0 Å². The lowest BCUT2D eigenvalue weighted by Gasteiger charge is -2.38. The van der Waals surface area contributed by atoms with Gasteiger partial charge in [-0.15, -0.1) is 0 Å². The van der Waals surface area contributed by atoms with Crippen LogP contribution in [0.4, 0.5) is 4.39 Å². The average Bonchev–Trinajstić information content (AvgIpc) is 2.34. The summed E-state index contributed by atoms with van der Waals surface area (Å²) in [6.07, 6.45) is 0. The van der Waals surface area contributed by atoms with Gasteiger partial charge in [-0.1, -0.05) is 19.1 Å². The van der Waals surface area contributed by atoms with Crippen molar-refractivity contribution in [1.82, 2.24) is 4.90 Å². The molecule has 1 aliphatic heterocycles. The van der Waals surface area contributed by atoms with Gasteiger partial charge in [-0.2, -0.15) is 0 Å². The smallest absolute Gasteiger partial charge is 0.123 e. The summed E-state index contributed by atoms with van der Waals surface area (Å²) >= 11 is 0. The van der Waals surface area contributed by atoms with E-state index in [0.717, 1.165) is 31.0 Å². The van der Waals surface area contributed by atoms with Crippen LogP contribution in [-0.2, 0) is 10.8 Å². The van der Waals surface area contributed by atoms with Crippen LogP contribution in [0.15, 0.2) is 24.3 Å². The van der Waals surface area contributed by atoms with E-state index in [0.29, 0.717) is 5.92 Å². The van der Waals surface area contributed by atoms with E-state index in [1.54, 1.807) is 0 Å². The Labute approximate surface area is 117 Å². The maximum absolute atomic E-state index is 12.9. The zero-order valence-corrected chi connectivity index (χ0v) is 12.7. The van der Waals surface area contributed by atoms with Gasteiger partial charge in [-0.3, -0.25) is 4.21 Å². The average molecular weight is 283 g/mol. The van der Waals surface area contributed by atoms with Gasteiger partial charge in [0, 0.05) is 36.2 Å². The molecule has 0 amide bonds. The largest absolute Gasteiger partial charge is 0.300 e. The van der Waals surface area contributed by atoms with Gasteiger partial charge in [-0.25, -0.2) is 4.39 Å². The lowest BCUT2D eigenvalue weighted by Crippen LogP contribution is -2.50. The van der Waals surface area contributed by atoms with Gasteiger partial charge in [0.1, 0.15) is 5.82 Å². The Hall–Kier alpha value is -0.740. The minimum absolute atomic E-state index is 0.124. The minimum Gasteiger partial charge on any atom is -0.300 e. The second kappa shape index (κ2) is 5.71. The van der Waals surface area contributed by atoms with Crippen molar-refractivity contribution in [2.45, 2.75) is 31.4 Å². The highest BCUT2D eigenvalue weighted by Crippen LogP contribution is 2.23. The molecule has 0 radical (unpaired) electrons. The molecule has 4 heteroatoms. The van der Waals surface area contributed by atoms with Gasteiger partial charge in [0.25, 0.3) is 0 Å². The molecule has 0 spiro atoms. The fraction of sp³-hybridized carbons (Fsp3) is 0.600. The Morgan fingerprint density at radius 1 is 1.37 bits per heavy atom. The first-order chi connectivity index (χ1) is 8.88. The van der Waals surface area contributed by atoms with E-state index in [2.05, 4.69) is 25.7 Å². The highest BCUT2D eigenvalue weighted by Gasteiger charge is 2.33. The van der Waals surface area contributed by atoms with Crippen LogP contribution in [0.3, 0.4) is 0 Å². The van der Waals surface area contributed by atoms with E-state index in [4.69, 9.17) is 0 Å². The summed E-state index contributed by atoms with van der Waals surface area (Å²) in [5, 5.41) is 0. The van der Waals surface area contributed by atoms with Crippen LogP contribution in [0.2, 0.25) is 0 Å². The third-order valence-electron chi connectivity index (χ3n) is 3.78. The maximum Gasteiger partial charge on any atom is 0.123 e. The monoisotopic (exact) mass is 283 g/mol. The highest BCUT2D eigenvalue weighted by atomic mass is 32.2. The first kappa shape index (κ1) is 14.7. The van der Waals surface area contributed by atoms with Gasteiger partial charge >= 0.3 is 0 Å². The first-order valence-electron chi connectivity index (χ1n) is 6.75. The minimum atomic E-state index is -0.725. The molecule has 2 nitrogen and oxygen atoms in total. The Morgan fingerprint density at radius 2 is 2.00 bits per heavy atom. The number of benzene rings is 1. The number of nitrogens with zero attached hydrogens (tertiary/aromatic N) is 1. The van der Waals surface area contributed by atoms with Crippen LogP contribution in [0, 0.1) is 5.82 Å². The molecule has 0 saturated carbocycles. The molecule has 1 aromatic rings. The van der Waals surface area contributed by atoms with Crippen LogP contribution < -0.4 is 0 Å². The predicted octanol–water partition coefficient (Wildman–Crippen LogP) is 2.77. The maximum atomic E-state index is 12.9. The Bertz CT molecular complexity index is 458. The molecule has 0 aliphatic carbocycles. The van der Waals surface area contributed by atoms with Crippen molar-refractivity contribution >= 4 is 10.8 Å². The summed E-state index contributed by atoms with van der Waals surface area (Å²) in [5.74, 6) is 0.928. The molecule has 0 aromatic heterocycles. The number of hydrogen-bond acceptors (Lipinski definition) is 2. The third kappa shape index (κ3) is 3.63. The molecule has 19 heavy (non-hydrogen) atoms. The van der Waals surface area contributed by atoms with E-state index in [9.17, 15) is 8.60 Å². The van der Waals surface area contributed by atoms with E-state index in [-0.39, 0.29) is 10.6 Å². The lowest BCUT2D eigenvalue weighted by molar-refractivity contribution is 0.244. The van der Waals surface area contributed by atoms with E-state index in [1.807, 2.05) is 12.1 Å². The van der Waals surface area contributed by atoms with Crippen molar-refractivity contribution in [3.63, 3.8) is 0 Å². The lowest BCUT2D eigenvalue weighted by atomic mass is 10.00. The normalized spacial score (nSPS) is 25.2. The third-order valence-corrected chi connectivity index (χ3v) is 5.70. The van der Waals surface area contributed by atoms with Crippen molar-refractivity contribution in [2.24, 2.45) is 0 Å². The molecule has 106 valence electrons. The summed E-state index contributed by atoms with van der Waals surface area (Å²) in [5.41, 5.74) is 1.16. The molecule has 0 unspecified atom stereocenters. The molecule has 2 rings (SSSR count). The fourth-order valence-corrected chi connectivity index (χ4v) is 3.92. The summed E-state index contributed by atoms with van der Waals surface area (Å²) in [6, 6.07) is 6.74. The molecule has 1 saturated heterocycles. The second-order valence-corrected chi connectivity index (χ2v) is 8.20. The van der Waals surface area contributed by atoms with Crippen LogP contribution >= 0.6 is 0 Å². The van der Waals surface area contributed by atoms with Crippen LogP contribution in [0.25, 0.3) is 0 Å². The van der Waals surface area contributed by atoms with Crippen LogP contribution in [0.5, 0.6) is 0 Å². The number of halogens is 1. The van der Waals surface area contributed by atoms with E-state index in [1.165, 1.54) is 12.1 Å². The van der Waals surface area contributed by atoms with Crippen molar-refractivity contribution in [2.75, 3.05) is 25.4 Å². The van der Waals surface area contributed by atoms with Crippen molar-refractivity contribution < 1.29 is 8.60 Å². The topological polar surface area (TPSA) is 20.3 Å². The highest BCUT2D eigenvalue weighted by molar-refractivity contribution is 7.86. The van der Waals surface area contributed by atoms with E-state index < -0.39 is 10.8 Å². The summed E-state index contributed by atoms with van der Waals surface area (Å²) in [7, 11) is -0.725. The zero-order chi connectivity index (χ0) is 14.0. The van der Waals surface area contributed by atoms with Gasteiger partial charge < -0.3 is 4.90 Å². The predicted molar refractivity (Wildman–Crippen MR) is 78.3 cm³/mol. The summed E-state index contributed by atoms with van der Waals surface area (Å²) < 4.78 is 24.7. The van der Waals surface area contributed by atoms with Crippen molar-refractivity contribution in [3.05, 3.63) is 35.6 Å². The van der Waals surface area contributed by atoms with E-state index >= 15 is 0 Å². The SMILES string of the molecule is C[C@@H](CN1CC[S@@](=O)C(C)(C)C1)c1ccc(F)cc1. The van der Waals surface area contributed by atoms with Gasteiger partial charge in [0.05, 0.1) is 4.75 Å². The molecule has 1 aliphatic rings. The standard InChI is InChI=1S/C15H22FNOS/c1-12(13-4-6-14(16)7-5-13)10-17-8-9-19(18)15(2,3)11-17/h4-7,12H,8-11H2,1-3H3/t12-,19+/m0/s1.